The summed E-state index contributed by atoms with van der Waals surface area (Å²) in [7, 11) is 1.59. The van der Waals surface area contributed by atoms with Crippen molar-refractivity contribution < 1.29 is 14.3 Å². The molecule has 4 aromatic rings. The van der Waals surface area contributed by atoms with Crippen molar-refractivity contribution in [3.63, 3.8) is 0 Å². The standard InChI is InChI=1S/C29H31N5O3/c1-37-24-15-9-12-22(18-24)28(29(36)30-23-13-5-6-14-23)33(19-21-10-3-2-4-11-21)27(35)20-34-26-17-8-7-16-25(26)31-32-34/h2-4,7-12,15-18,23,28H,5-6,13-14,19-20H2,1H3,(H,30,36)/t28-/m0/s1. The molecule has 8 nitrogen and oxygen atoms in total. The van der Waals surface area contributed by atoms with Crippen LogP contribution >= 0.6 is 0 Å². The minimum atomic E-state index is -0.835. The van der Waals surface area contributed by atoms with Crippen LogP contribution in [0.15, 0.2) is 78.9 Å². The van der Waals surface area contributed by atoms with Gasteiger partial charge >= 0.3 is 0 Å². The van der Waals surface area contributed by atoms with E-state index in [1.165, 1.54) is 0 Å². The molecule has 1 atom stereocenters. The summed E-state index contributed by atoms with van der Waals surface area (Å²) in [5, 5.41) is 11.6. The van der Waals surface area contributed by atoms with Crippen LogP contribution in [0.3, 0.4) is 0 Å². The maximum atomic E-state index is 14.0. The Morgan fingerprint density at radius 1 is 1.03 bits per heavy atom. The van der Waals surface area contributed by atoms with Crippen LogP contribution in [-0.2, 0) is 22.7 Å². The molecule has 1 aromatic heterocycles. The molecule has 8 heteroatoms. The number of methoxy groups -OCH3 is 1. The van der Waals surface area contributed by atoms with Crippen LogP contribution < -0.4 is 10.1 Å². The summed E-state index contributed by atoms with van der Waals surface area (Å²) in [5.41, 5.74) is 3.11. The largest absolute Gasteiger partial charge is 0.497 e. The molecule has 2 amide bonds. The molecule has 3 aromatic carbocycles. The number of fused-ring (bicyclic) bond motifs is 1. The Bertz CT molecular complexity index is 1360. The third-order valence-corrected chi connectivity index (χ3v) is 6.89. The summed E-state index contributed by atoms with van der Waals surface area (Å²) < 4.78 is 7.04. The van der Waals surface area contributed by atoms with E-state index in [4.69, 9.17) is 4.74 Å². The lowest BCUT2D eigenvalue weighted by atomic mass is 10.0. The first-order valence-electron chi connectivity index (χ1n) is 12.7. The fourth-order valence-electron chi connectivity index (χ4n) is 4.99. The van der Waals surface area contributed by atoms with Gasteiger partial charge in [0.1, 0.15) is 23.9 Å². The number of aromatic nitrogens is 3. The van der Waals surface area contributed by atoms with Gasteiger partial charge in [-0.3, -0.25) is 9.59 Å². The fraction of sp³-hybridized carbons (Fsp3) is 0.310. The summed E-state index contributed by atoms with van der Waals surface area (Å²) in [5.74, 6) is 0.215. The molecule has 1 fully saturated rings. The van der Waals surface area contributed by atoms with Crippen molar-refractivity contribution >= 4 is 22.8 Å². The van der Waals surface area contributed by atoms with Gasteiger partial charge in [-0.05, 0) is 48.2 Å². The van der Waals surface area contributed by atoms with Gasteiger partial charge in [0, 0.05) is 12.6 Å². The highest BCUT2D eigenvalue weighted by Gasteiger charge is 2.34. The molecule has 0 saturated heterocycles. The highest BCUT2D eigenvalue weighted by molar-refractivity contribution is 5.89. The van der Waals surface area contributed by atoms with E-state index in [2.05, 4.69) is 15.6 Å². The number of para-hydroxylation sites is 1. The van der Waals surface area contributed by atoms with E-state index >= 15 is 0 Å². The monoisotopic (exact) mass is 497 g/mol. The number of nitrogens with zero attached hydrogens (tertiary/aromatic N) is 4. The van der Waals surface area contributed by atoms with E-state index in [0.29, 0.717) is 16.8 Å². The van der Waals surface area contributed by atoms with Crippen molar-refractivity contribution in [2.45, 2.75) is 50.9 Å². The molecule has 0 radical (unpaired) electrons. The van der Waals surface area contributed by atoms with Gasteiger partial charge in [0.05, 0.1) is 12.6 Å². The molecule has 1 N–H and O–H groups in total. The number of amides is 2. The van der Waals surface area contributed by atoms with Gasteiger partial charge in [0.25, 0.3) is 0 Å². The summed E-state index contributed by atoms with van der Waals surface area (Å²) in [6.07, 6.45) is 4.10. The molecule has 5 rings (SSSR count). The number of carbonyl (C=O) groups excluding carboxylic acids is 2. The minimum Gasteiger partial charge on any atom is -0.497 e. The maximum absolute atomic E-state index is 14.0. The summed E-state index contributed by atoms with van der Waals surface area (Å²) in [6, 6.07) is 23.9. The van der Waals surface area contributed by atoms with E-state index in [1.54, 1.807) is 16.7 Å². The van der Waals surface area contributed by atoms with Crippen LogP contribution in [0, 0.1) is 0 Å². The molecule has 0 aliphatic heterocycles. The van der Waals surface area contributed by atoms with Crippen molar-refractivity contribution in [1.82, 2.24) is 25.2 Å². The Morgan fingerprint density at radius 3 is 2.57 bits per heavy atom. The van der Waals surface area contributed by atoms with E-state index in [-0.39, 0.29) is 30.9 Å². The average molecular weight is 498 g/mol. The van der Waals surface area contributed by atoms with E-state index in [0.717, 1.165) is 36.8 Å². The quantitative estimate of drug-likeness (QED) is 0.373. The lowest BCUT2D eigenvalue weighted by Gasteiger charge is -2.32. The number of hydrogen-bond donors (Lipinski definition) is 1. The highest BCUT2D eigenvalue weighted by Crippen LogP contribution is 2.29. The Labute approximate surface area is 216 Å². The number of benzene rings is 3. The number of carbonyl (C=O) groups is 2. The Hall–Kier alpha value is -4.20. The van der Waals surface area contributed by atoms with Crippen molar-refractivity contribution in [3.8, 4) is 5.75 Å². The molecule has 1 aliphatic carbocycles. The molecule has 0 bridgehead atoms. The van der Waals surface area contributed by atoms with Gasteiger partial charge in [-0.15, -0.1) is 5.10 Å². The number of rotatable bonds is 9. The predicted molar refractivity (Wildman–Crippen MR) is 141 cm³/mol. The third kappa shape index (κ3) is 5.63. The van der Waals surface area contributed by atoms with E-state index in [1.807, 2.05) is 78.9 Å². The van der Waals surface area contributed by atoms with Crippen molar-refractivity contribution in [3.05, 3.63) is 90.0 Å². The molecule has 190 valence electrons. The van der Waals surface area contributed by atoms with Gasteiger partial charge in [0.2, 0.25) is 11.8 Å². The number of nitrogens with one attached hydrogen (secondary N) is 1. The summed E-state index contributed by atoms with van der Waals surface area (Å²) >= 11 is 0. The fourth-order valence-corrected chi connectivity index (χ4v) is 4.99. The molecule has 1 heterocycles. The predicted octanol–water partition coefficient (Wildman–Crippen LogP) is 4.27. The summed E-state index contributed by atoms with van der Waals surface area (Å²) in [4.78, 5) is 29.5. The molecule has 1 aliphatic rings. The zero-order valence-electron chi connectivity index (χ0n) is 20.9. The lowest BCUT2D eigenvalue weighted by molar-refractivity contribution is -0.142. The van der Waals surface area contributed by atoms with Crippen LogP contribution in [0.25, 0.3) is 11.0 Å². The smallest absolute Gasteiger partial charge is 0.247 e. The van der Waals surface area contributed by atoms with Gasteiger partial charge in [0.15, 0.2) is 0 Å². The lowest BCUT2D eigenvalue weighted by Crippen LogP contribution is -2.46. The molecule has 1 saturated carbocycles. The Morgan fingerprint density at radius 2 is 1.78 bits per heavy atom. The topological polar surface area (TPSA) is 89.4 Å². The third-order valence-electron chi connectivity index (χ3n) is 6.89. The zero-order valence-corrected chi connectivity index (χ0v) is 20.9. The normalized spacial score (nSPS) is 14.4. The second kappa shape index (κ2) is 11.2. The van der Waals surface area contributed by atoms with Crippen LogP contribution in [0.1, 0.15) is 42.9 Å². The van der Waals surface area contributed by atoms with Crippen LogP contribution in [0.5, 0.6) is 5.75 Å². The molecule has 0 unspecified atom stereocenters. The average Bonchev–Trinajstić information content (AvgIpc) is 3.59. The zero-order chi connectivity index (χ0) is 25.6. The van der Waals surface area contributed by atoms with Gasteiger partial charge in [-0.2, -0.15) is 0 Å². The second-order valence-electron chi connectivity index (χ2n) is 9.41. The maximum Gasteiger partial charge on any atom is 0.247 e. The van der Waals surface area contributed by atoms with E-state index < -0.39 is 6.04 Å². The Kier molecular flexibility index (Phi) is 7.44. The summed E-state index contributed by atoms with van der Waals surface area (Å²) in [6.45, 7) is 0.233. The van der Waals surface area contributed by atoms with E-state index in [9.17, 15) is 9.59 Å². The van der Waals surface area contributed by atoms with Crippen LogP contribution in [-0.4, -0.2) is 44.9 Å². The highest BCUT2D eigenvalue weighted by atomic mass is 16.5. The first-order chi connectivity index (χ1) is 18.1. The molecular formula is C29H31N5O3. The van der Waals surface area contributed by atoms with Crippen molar-refractivity contribution in [2.24, 2.45) is 0 Å². The number of ether oxygens (including phenoxy) is 1. The van der Waals surface area contributed by atoms with Gasteiger partial charge in [-0.1, -0.05) is 72.7 Å². The van der Waals surface area contributed by atoms with Gasteiger partial charge < -0.3 is 15.0 Å². The minimum absolute atomic E-state index is 0.0372. The second-order valence-corrected chi connectivity index (χ2v) is 9.41. The van der Waals surface area contributed by atoms with Crippen LogP contribution in [0.4, 0.5) is 0 Å². The molecular weight excluding hydrogens is 466 g/mol. The Balaban J connectivity index is 1.53. The SMILES string of the molecule is COc1cccc([C@@H](C(=O)NC2CCCC2)N(Cc2ccccc2)C(=O)Cn2nnc3ccccc32)c1. The van der Waals surface area contributed by atoms with Crippen molar-refractivity contribution in [1.29, 1.82) is 0 Å². The molecule has 0 spiro atoms. The van der Waals surface area contributed by atoms with Crippen molar-refractivity contribution in [2.75, 3.05) is 7.11 Å². The molecule has 37 heavy (non-hydrogen) atoms. The first kappa shape index (κ1) is 24.5. The number of hydrogen-bond acceptors (Lipinski definition) is 5. The first-order valence-corrected chi connectivity index (χ1v) is 12.7. The van der Waals surface area contributed by atoms with Gasteiger partial charge in [-0.25, -0.2) is 4.68 Å². The van der Waals surface area contributed by atoms with Crippen LogP contribution in [0.2, 0.25) is 0 Å².